The Hall–Kier alpha value is -2.02. The summed E-state index contributed by atoms with van der Waals surface area (Å²) in [4.78, 5) is 12.0. The van der Waals surface area contributed by atoms with Crippen LogP contribution in [0, 0.1) is 11.3 Å². The number of nitrogens with zero attached hydrogens (tertiary/aromatic N) is 2. The quantitative estimate of drug-likeness (QED) is 0.159. The summed E-state index contributed by atoms with van der Waals surface area (Å²) in [6.07, 6.45) is 24.7. The Kier molecular flexibility index (Phi) is 16.3. The van der Waals surface area contributed by atoms with Crippen molar-refractivity contribution in [3.05, 3.63) is 40.8 Å². The maximum Gasteiger partial charge on any atom is 0.224 e. The monoisotopic (exact) mass is 428 g/mol. The summed E-state index contributed by atoms with van der Waals surface area (Å²) in [5.41, 5.74) is 0.0666. The summed E-state index contributed by atoms with van der Waals surface area (Å²) in [7, 11) is 0. The van der Waals surface area contributed by atoms with Crippen molar-refractivity contribution >= 4 is 0 Å². The number of aryl methyl sites for hydroxylation is 1. The first kappa shape index (κ1) is 27.0. The molecular formula is C27H44N2O2. The van der Waals surface area contributed by atoms with E-state index < -0.39 is 0 Å². The highest BCUT2D eigenvalue weighted by molar-refractivity contribution is 5.38. The minimum absolute atomic E-state index is 0.140. The van der Waals surface area contributed by atoms with E-state index in [1.807, 2.05) is 4.57 Å². The van der Waals surface area contributed by atoms with Crippen LogP contribution in [-0.4, -0.2) is 11.2 Å². The SMILES string of the molecule is C=CCOc1c(C#N)n(CCCCCCCCCCCCCCCCCC)ccc1=O. The number of hydrogen-bond donors (Lipinski definition) is 0. The molecule has 1 aromatic rings. The molecular weight excluding hydrogens is 384 g/mol. The lowest BCUT2D eigenvalue weighted by molar-refractivity contribution is 0.353. The lowest BCUT2D eigenvalue weighted by Crippen LogP contribution is -2.15. The molecule has 0 atom stereocenters. The van der Waals surface area contributed by atoms with Gasteiger partial charge in [-0.2, -0.15) is 5.26 Å². The molecule has 1 aromatic heterocycles. The largest absolute Gasteiger partial charge is 0.483 e. The fourth-order valence-corrected chi connectivity index (χ4v) is 3.97. The van der Waals surface area contributed by atoms with Gasteiger partial charge in [-0.05, 0) is 6.42 Å². The third-order valence-electron chi connectivity index (χ3n) is 5.84. The Labute approximate surface area is 190 Å². The van der Waals surface area contributed by atoms with Gasteiger partial charge in [0, 0.05) is 18.8 Å². The van der Waals surface area contributed by atoms with E-state index in [1.165, 1.54) is 96.0 Å². The Morgan fingerprint density at radius 2 is 1.39 bits per heavy atom. The molecule has 0 amide bonds. The van der Waals surface area contributed by atoms with Crippen LogP contribution in [0.2, 0.25) is 0 Å². The second-order valence-electron chi connectivity index (χ2n) is 8.57. The second-order valence-corrected chi connectivity index (χ2v) is 8.57. The molecule has 0 saturated carbocycles. The molecule has 0 aromatic carbocycles. The number of nitriles is 1. The molecule has 0 aliphatic carbocycles. The van der Waals surface area contributed by atoms with Gasteiger partial charge in [0.1, 0.15) is 12.7 Å². The van der Waals surface area contributed by atoms with Gasteiger partial charge in [0.25, 0.3) is 0 Å². The molecule has 0 N–H and O–H groups in total. The number of unbranched alkanes of at least 4 members (excludes halogenated alkanes) is 15. The summed E-state index contributed by atoms with van der Waals surface area (Å²) >= 11 is 0. The summed E-state index contributed by atoms with van der Waals surface area (Å²) < 4.78 is 7.24. The second kappa shape index (κ2) is 18.7. The van der Waals surface area contributed by atoms with E-state index in [0.29, 0.717) is 5.69 Å². The Balaban J connectivity index is 2.05. The highest BCUT2D eigenvalue weighted by Gasteiger charge is 2.11. The van der Waals surface area contributed by atoms with Crippen molar-refractivity contribution in [1.82, 2.24) is 4.57 Å². The third-order valence-corrected chi connectivity index (χ3v) is 5.84. The first-order valence-electron chi connectivity index (χ1n) is 12.6. The van der Waals surface area contributed by atoms with Crippen molar-refractivity contribution in [2.24, 2.45) is 0 Å². The molecule has 0 aliphatic heterocycles. The molecule has 0 saturated heterocycles. The molecule has 1 heterocycles. The number of hydrogen-bond acceptors (Lipinski definition) is 3. The topological polar surface area (TPSA) is 55.0 Å². The molecule has 31 heavy (non-hydrogen) atoms. The van der Waals surface area contributed by atoms with Crippen LogP contribution in [0.3, 0.4) is 0 Å². The standard InChI is InChI=1S/C27H44N2O2/c1-3-5-6-7-8-9-10-11-12-13-14-15-16-17-18-19-21-29-22-20-26(30)27(25(29)24-28)31-23-4-2/h4,20,22H,2-3,5-19,21,23H2,1H3. The van der Waals surface area contributed by atoms with Gasteiger partial charge in [-0.15, -0.1) is 0 Å². The van der Waals surface area contributed by atoms with Gasteiger partial charge < -0.3 is 9.30 Å². The van der Waals surface area contributed by atoms with Crippen molar-refractivity contribution in [3.8, 4) is 11.8 Å². The highest BCUT2D eigenvalue weighted by Crippen LogP contribution is 2.16. The Bertz CT molecular complexity index is 687. The Morgan fingerprint density at radius 3 is 1.84 bits per heavy atom. The van der Waals surface area contributed by atoms with Crippen molar-refractivity contribution in [2.75, 3.05) is 6.61 Å². The molecule has 0 aliphatic rings. The fraction of sp³-hybridized carbons (Fsp3) is 0.704. The third kappa shape index (κ3) is 12.4. The molecule has 0 unspecified atom stereocenters. The predicted molar refractivity (Wildman–Crippen MR) is 131 cm³/mol. The van der Waals surface area contributed by atoms with E-state index in [9.17, 15) is 10.1 Å². The minimum Gasteiger partial charge on any atom is -0.483 e. The average Bonchev–Trinajstić information content (AvgIpc) is 2.78. The molecule has 1 rings (SSSR count). The molecule has 0 bridgehead atoms. The summed E-state index contributed by atoms with van der Waals surface area (Å²) in [5.74, 6) is 0.140. The van der Waals surface area contributed by atoms with Crippen LogP contribution in [0.4, 0.5) is 0 Å². The van der Waals surface area contributed by atoms with Gasteiger partial charge in [-0.3, -0.25) is 4.79 Å². The average molecular weight is 429 g/mol. The van der Waals surface area contributed by atoms with Gasteiger partial charge >= 0.3 is 0 Å². The molecule has 4 nitrogen and oxygen atoms in total. The first-order chi connectivity index (χ1) is 15.2. The van der Waals surface area contributed by atoms with Crippen molar-refractivity contribution < 1.29 is 4.74 Å². The molecule has 174 valence electrons. The molecule has 0 spiro atoms. The summed E-state index contributed by atoms with van der Waals surface area (Å²) in [6, 6.07) is 3.60. The van der Waals surface area contributed by atoms with Crippen LogP contribution < -0.4 is 10.2 Å². The van der Waals surface area contributed by atoms with E-state index in [1.54, 1.807) is 12.3 Å². The van der Waals surface area contributed by atoms with Crippen LogP contribution >= 0.6 is 0 Å². The Morgan fingerprint density at radius 1 is 0.903 bits per heavy atom. The summed E-state index contributed by atoms with van der Waals surface area (Å²) in [6.45, 7) is 6.84. The lowest BCUT2D eigenvalue weighted by atomic mass is 10.0. The lowest BCUT2D eigenvalue weighted by Gasteiger charge is -2.12. The fourth-order valence-electron chi connectivity index (χ4n) is 3.97. The first-order valence-corrected chi connectivity index (χ1v) is 12.6. The van der Waals surface area contributed by atoms with Gasteiger partial charge in [0.15, 0.2) is 5.69 Å². The molecule has 0 fully saturated rings. The highest BCUT2D eigenvalue weighted by atomic mass is 16.5. The maximum atomic E-state index is 12.0. The van der Waals surface area contributed by atoms with Crippen LogP contribution in [-0.2, 0) is 6.54 Å². The summed E-state index contributed by atoms with van der Waals surface area (Å²) in [5, 5.41) is 9.44. The number of aromatic nitrogens is 1. The molecule has 4 heteroatoms. The van der Waals surface area contributed by atoms with Gasteiger partial charge in [-0.1, -0.05) is 116 Å². The van der Waals surface area contributed by atoms with Crippen LogP contribution in [0.15, 0.2) is 29.7 Å². The zero-order valence-corrected chi connectivity index (χ0v) is 19.9. The van der Waals surface area contributed by atoms with Gasteiger partial charge in [-0.25, -0.2) is 0 Å². The number of rotatable bonds is 20. The van der Waals surface area contributed by atoms with E-state index >= 15 is 0 Å². The zero-order chi connectivity index (χ0) is 22.6. The van der Waals surface area contributed by atoms with E-state index in [4.69, 9.17) is 4.74 Å². The van der Waals surface area contributed by atoms with E-state index in [0.717, 1.165) is 19.4 Å². The predicted octanol–water partition coefficient (Wildman–Crippen LogP) is 7.55. The number of pyridine rings is 1. The smallest absolute Gasteiger partial charge is 0.224 e. The molecule has 0 radical (unpaired) electrons. The normalized spacial score (nSPS) is 10.7. The van der Waals surface area contributed by atoms with Crippen molar-refractivity contribution in [3.63, 3.8) is 0 Å². The van der Waals surface area contributed by atoms with Crippen LogP contribution in [0.25, 0.3) is 0 Å². The van der Waals surface area contributed by atoms with E-state index in [2.05, 4.69) is 19.6 Å². The van der Waals surface area contributed by atoms with Crippen molar-refractivity contribution in [1.29, 1.82) is 5.26 Å². The van der Waals surface area contributed by atoms with Gasteiger partial charge in [0.05, 0.1) is 0 Å². The zero-order valence-electron chi connectivity index (χ0n) is 19.9. The van der Waals surface area contributed by atoms with Crippen LogP contribution in [0.1, 0.15) is 115 Å². The minimum atomic E-state index is -0.248. The number of ether oxygens (including phenoxy) is 1. The maximum absolute atomic E-state index is 12.0. The van der Waals surface area contributed by atoms with Crippen LogP contribution in [0.5, 0.6) is 5.75 Å². The van der Waals surface area contributed by atoms with Crippen molar-refractivity contribution in [2.45, 2.75) is 116 Å². The van der Waals surface area contributed by atoms with E-state index in [-0.39, 0.29) is 17.8 Å². The van der Waals surface area contributed by atoms with Gasteiger partial charge in [0.2, 0.25) is 11.2 Å².